The molecule has 0 aromatic rings. The van der Waals surface area contributed by atoms with E-state index >= 15 is 0 Å². The molecule has 0 radical (unpaired) electrons. The molecular formula is C14H28. The first-order valence-electron chi connectivity index (χ1n) is 6.38. The maximum atomic E-state index is 2.48. The average Bonchev–Trinajstić information content (AvgIpc) is 2.78. The highest BCUT2D eigenvalue weighted by molar-refractivity contribution is 4.94. The molecule has 0 heteroatoms. The maximum absolute atomic E-state index is 2.48. The first kappa shape index (κ1) is 12.1. The molecule has 3 unspecified atom stereocenters. The molecule has 0 heterocycles. The summed E-state index contributed by atoms with van der Waals surface area (Å²) in [5.41, 5.74) is 0.588. The first-order valence-corrected chi connectivity index (χ1v) is 6.38. The second-order valence-corrected chi connectivity index (χ2v) is 6.42. The van der Waals surface area contributed by atoms with E-state index in [0.29, 0.717) is 5.41 Å². The van der Waals surface area contributed by atoms with Gasteiger partial charge in [-0.05, 0) is 41.9 Å². The van der Waals surface area contributed by atoms with Gasteiger partial charge in [0.1, 0.15) is 0 Å². The lowest BCUT2D eigenvalue weighted by atomic mass is 9.74. The summed E-state index contributed by atoms with van der Waals surface area (Å²) in [7, 11) is 0. The molecule has 1 aliphatic carbocycles. The molecule has 1 aliphatic rings. The lowest BCUT2D eigenvalue weighted by molar-refractivity contribution is 0.184. The summed E-state index contributed by atoms with van der Waals surface area (Å²) in [5.74, 6) is 3.79. The van der Waals surface area contributed by atoms with Crippen molar-refractivity contribution >= 4 is 0 Å². The van der Waals surface area contributed by atoms with E-state index in [4.69, 9.17) is 0 Å². The molecular weight excluding hydrogens is 168 g/mol. The maximum Gasteiger partial charge on any atom is -0.0321 e. The Balaban J connectivity index is 2.48. The minimum atomic E-state index is 0.588. The Morgan fingerprint density at radius 1 is 1.29 bits per heavy atom. The second kappa shape index (κ2) is 4.24. The van der Waals surface area contributed by atoms with Crippen LogP contribution in [0.25, 0.3) is 0 Å². The Labute approximate surface area is 90.5 Å². The molecule has 0 bridgehead atoms. The molecule has 0 aliphatic heterocycles. The molecule has 84 valence electrons. The molecule has 1 saturated carbocycles. The molecule has 0 N–H and O–H groups in total. The van der Waals surface area contributed by atoms with Gasteiger partial charge in [-0.2, -0.15) is 0 Å². The number of hydrogen-bond donors (Lipinski definition) is 0. The van der Waals surface area contributed by atoms with Crippen LogP contribution in [0.4, 0.5) is 0 Å². The van der Waals surface area contributed by atoms with Crippen LogP contribution in [0, 0.1) is 29.1 Å². The minimum Gasteiger partial charge on any atom is -0.0651 e. The van der Waals surface area contributed by atoms with Gasteiger partial charge in [0.2, 0.25) is 0 Å². The Hall–Kier alpha value is 0. The quantitative estimate of drug-likeness (QED) is 0.595. The van der Waals surface area contributed by atoms with Crippen molar-refractivity contribution in [3.63, 3.8) is 0 Å². The van der Waals surface area contributed by atoms with E-state index in [-0.39, 0.29) is 0 Å². The van der Waals surface area contributed by atoms with Crippen molar-refractivity contribution in [1.29, 1.82) is 0 Å². The summed E-state index contributed by atoms with van der Waals surface area (Å²) in [4.78, 5) is 0. The standard InChI is InChI=1S/C14H28/c1-7-12(10(2)3)9-14(5,6)13-8-11(13)4/h10-13H,7-9H2,1-6H3. The van der Waals surface area contributed by atoms with Crippen LogP contribution in [0.1, 0.15) is 60.8 Å². The summed E-state index contributed by atoms with van der Waals surface area (Å²) < 4.78 is 0. The van der Waals surface area contributed by atoms with Crippen LogP contribution in [-0.2, 0) is 0 Å². The van der Waals surface area contributed by atoms with Crippen molar-refractivity contribution in [3.8, 4) is 0 Å². The highest BCUT2D eigenvalue weighted by atomic mass is 14.5. The van der Waals surface area contributed by atoms with Crippen LogP contribution >= 0.6 is 0 Å². The van der Waals surface area contributed by atoms with E-state index in [2.05, 4.69) is 41.5 Å². The summed E-state index contributed by atoms with van der Waals surface area (Å²) in [5, 5.41) is 0. The SMILES string of the molecule is CCC(CC(C)(C)C1CC1C)C(C)C. The zero-order valence-corrected chi connectivity index (χ0v) is 10.9. The zero-order valence-electron chi connectivity index (χ0n) is 10.9. The van der Waals surface area contributed by atoms with Gasteiger partial charge in [0, 0.05) is 0 Å². The Bertz CT molecular complexity index is 178. The van der Waals surface area contributed by atoms with E-state index in [0.717, 1.165) is 23.7 Å². The van der Waals surface area contributed by atoms with Gasteiger partial charge in [0.15, 0.2) is 0 Å². The average molecular weight is 196 g/mol. The van der Waals surface area contributed by atoms with Crippen molar-refractivity contribution < 1.29 is 0 Å². The molecule has 0 aromatic carbocycles. The fraction of sp³-hybridized carbons (Fsp3) is 1.00. The van der Waals surface area contributed by atoms with Gasteiger partial charge >= 0.3 is 0 Å². The Morgan fingerprint density at radius 3 is 2.07 bits per heavy atom. The molecule has 0 nitrogen and oxygen atoms in total. The summed E-state index contributed by atoms with van der Waals surface area (Å²) in [6, 6.07) is 0. The first-order chi connectivity index (χ1) is 6.38. The third-order valence-electron chi connectivity index (χ3n) is 4.37. The third-order valence-corrected chi connectivity index (χ3v) is 4.37. The van der Waals surface area contributed by atoms with Gasteiger partial charge in [-0.15, -0.1) is 0 Å². The lowest BCUT2D eigenvalue weighted by Gasteiger charge is -2.32. The fourth-order valence-electron chi connectivity index (χ4n) is 3.09. The van der Waals surface area contributed by atoms with Crippen molar-refractivity contribution in [2.75, 3.05) is 0 Å². The van der Waals surface area contributed by atoms with E-state index in [9.17, 15) is 0 Å². The summed E-state index contributed by atoms with van der Waals surface area (Å²) in [6.07, 6.45) is 4.25. The van der Waals surface area contributed by atoms with Crippen LogP contribution in [0.5, 0.6) is 0 Å². The van der Waals surface area contributed by atoms with Crippen LogP contribution in [-0.4, -0.2) is 0 Å². The van der Waals surface area contributed by atoms with Gasteiger partial charge in [0.25, 0.3) is 0 Å². The minimum absolute atomic E-state index is 0.588. The van der Waals surface area contributed by atoms with E-state index < -0.39 is 0 Å². The molecule has 0 aromatic heterocycles. The molecule has 0 amide bonds. The summed E-state index contributed by atoms with van der Waals surface area (Å²) in [6.45, 7) is 14.5. The van der Waals surface area contributed by atoms with Gasteiger partial charge in [-0.25, -0.2) is 0 Å². The predicted octanol–water partition coefficient (Wildman–Crippen LogP) is 4.74. The Morgan fingerprint density at radius 2 is 1.79 bits per heavy atom. The lowest BCUT2D eigenvalue weighted by Crippen LogP contribution is -2.22. The van der Waals surface area contributed by atoms with Gasteiger partial charge in [-0.3, -0.25) is 0 Å². The van der Waals surface area contributed by atoms with Crippen LogP contribution in [0.3, 0.4) is 0 Å². The fourth-order valence-corrected chi connectivity index (χ4v) is 3.09. The normalized spacial score (nSPS) is 29.4. The van der Waals surface area contributed by atoms with Crippen molar-refractivity contribution in [2.45, 2.75) is 60.8 Å². The monoisotopic (exact) mass is 196 g/mol. The molecule has 3 atom stereocenters. The topological polar surface area (TPSA) is 0 Å². The largest absolute Gasteiger partial charge is 0.0651 e. The Kier molecular flexibility index (Phi) is 3.66. The van der Waals surface area contributed by atoms with Gasteiger partial charge in [-0.1, -0.05) is 48.0 Å². The van der Waals surface area contributed by atoms with Crippen molar-refractivity contribution in [2.24, 2.45) is 29.1 Å². The van der Waals surface area contributed by atoms with Gasteiger partial charge < -0.3 is 0 Å². The number of hydrogen-bond acceptors (Lipinski definition) is 0. The van der Waals surface area contributed by atoms with E-state index in [1.807, 2.05) is 0 Å². The molecule has 0 saturated heterocycles. The second-order valence-electron chi connectivity index (χ2n) is 6.42. The van der Waals surface area contributed by atoms with Crippen LogP contribution in [0.15, 0.2) is 0 Å². The molecule has 1 fully saturated rings. The van der Waals surface area contributed by atoms with Crippen LogP contribution in [0.2, 0.25) is 0 Å². The molecule has 0 spiro atoms. The smallest absolute Gasteiger partial charge is 0.0321 e. The van der Waals surface area contributed by atoms with Crippen LogP contribution < -0.4 is 0 Å². The highest BCUT2D eigenvalue weighted by Crippen LogP contribution is 2.53. The molecule has 1 rings (SSSR count). The van der Waals surface area contributed by atoms with E-state index in [1.165, 1.54) is 19.3 Å². The molecule has 14 heavy (non-hydrogen) atoms. The third kappa shape index (κ3) is 2.74. The number of rotatable bonds is 5. The van der Waals surface area contributed by atoms with Crippen molar-refractivity contribution in [3.05, 3.63) is 0 Å². The predicted molar refractivity (Wildman–Crippen MR) is 64.3 cm³/mol. The van der Waals surface area contributed by atoms with Gasteiger partial charge in [0.05, 0.1) is 0 Å². The zero-order chi connectivity index (χ0) is 10.9. The van der Waals surface area contributed by atoms with Crippen molar-refractivity contribution in [1.82, 2.24) is 0 Å². The summed E-state index contributed by atoms with van der Waals surface area (Å²) >= 11 is 0. The highest BCUT2D eigenvalue weighted by Gasteiger charge is 2.45. The van der Waals surface area contributed by atoms with E-state index in [1.54, 1.807) is 0 Å².